The normalized spacial score (nSPS) is 12.3. The Morgan fingerprint density at radius 1 is 0.514 bits per heavy atom. The van der Waals surface area contributed by atoms with Gasteiger partial charge in [0.15, 0.2) is 11.2 Å². The molecule has 0 unspecified atom stereocenters. The van der Waals surface area contributed by atoms with E-state index in [1.807, 2.05) is 18.2 Å². The van der Waals surface area contributed by atoms with Crippen LogP contribution in [0.5, 0.6) is 0 Å². The van der Waals surface area contributed by atoms with Crippen LogP contribution >= 0.6 is 0 Å². The van der Waals surface area contributed by atoms with Gasteiger partial charge in [-0.2, -0.15) is 0 Å². The van der Waals surface area contributed by atoms with Crippen molar-refractivity contribution in [2.24, 2.45) is 0 Å². The zero-order valence-corrected chi connectivity index (χ0v) is 19.5. The molecule has 9 aromatic rings. The van der Waals surface area contributed by atoms with Crippen LogP contribution in [0.25, 0.3) is 82.4 Å². The molecule has 5 aromatic carbocycles. The smallest absolute Gasteiger partial charge is 0.160 e. The molecular weight excluding hydrogens is 458 g/mol. The number of nitrogens with zero attached hydrogens (tertiary/aromatic N) is 3. The molecule has 0 radical (unpaired) electrons. The van der Waals surface area contributed by atoms with E-state index < -0.39 is 0 Å². The van der Waals surface area contributed by atoms with E-state index in [0.717, 1.165) is 77.0 Å². The van der Waals surface area contributed by atoms with Crippen LogP contribution in [0.3, 0.4) is 0 Å². The molecule has 5 nitrogen and oxygen atoms in total. The molecule has 0 fully saturated rings. The zero-order chi connectivity index (χ0) is 24.1. The Bertz CT molecular complexity index is 2370. The minimum Gasteiger partial charge on any atom is -0.454 e. The summed E-state index contributed by atoms with van der Waals surface area (Å²) in [5.74, 6) is 0. The van der Waals surface area contributed by atoms with E-state index in [4.69, 9.17) is 8.83 Å². The number of aromatic nitrogens is 3. The largest absolute Gasteiger partial charge is 0.454 e. The standard InChI is InChI=1S/C32H17N3O2/c1-3-9-26-18(6-1)20-12-13-22-23-16-24-25(34-15-14-33-24)17-29(23)37-32(22)30(20)35(26)27-10-5-8-21-19-7-2-4-11-28(19)36-31(21)27/h1-17H. The summed E-state index contributed by atoms with van der Waals surface area (Å²) in [4.78, 5) is 8.99. The highest BCUT2D eigenvalue weighted by atomic mass is 16.3. The molecule has 0 aliphatic rings. The van der Waals surface area contributed by atoms with Crippen molar-refractivity contribution in [1.29, 1.82) is 0 Å². The zero-order valence-electron chi connectivity index (χ0n) is 19.5. The van der Waals surface area contributed by atoms with Crippen molar-refractivity contribution < 1.29 is 8.83 Å². The summed E-state index contributed by atoms with van der Waals surface area (Å²) < 4.78 is 15.4. The van der Waals surface area contributed by atoms with Gasteiger partial charge in [-0.25, -0.2) is 0 Å². The first kappa shape index (κ1) is 19.1. The Hall–Kier alpha value is -5.16. The van der Waals surface area contributed by atoms with Crippen LogP contribution in [0.2, 0.25) is 0 Å². The Morgan fingerprint density at radius 2 is 1.22 bits per heavy atom. The van der Waals surface area contributed by atoms with Crippen molar-refractivity contribution in [2.75, 3.05) is 0 Å². The number of furan rings is 2. The summed E-state index contributed by atoms with van der Waals surface area (Å²) >= 11 is 0. The number of rotatable bonds is 1. The van der Waals surface area contributed by atoms with Crippen LogP contribution in [0.1, 0.15) is 0 Å². The van der Waals surface area contributed by atoms with Crippen LogP contribution in [0.4, 0.5) is 0 Å². The number of fused-ring (bicyclic) bond motifs is 11. The van der Waals surface area contributed by atoms with E-state index in [-0.39, 0.29) is 0 Å². The van der Waals surface area contributed by atoms with Gasteiger partial charge in [0.25, 0.3) is 0 Å². The summed E-state index contributed by atoms with van der Waals surface area (Å²) in [7, 11) is 0. The van der Waals surface area contributed by atoms with E-state index in [1.165, 1.54) is 5.39 Å². The van der Waals surface area contributed by atoms with Crippen molar-refractivity contribution in [3.05, 3.63) is 103 Å². The molecule has 0 aliphatic carbocycles. The molecule has 0 aliphatic heterocycles. The van der Waals surface area contributed by atoms with Crippen molar-refractivity contribution in [2.45, 2.75) is 0 Å². The molecule has 0 bridgehead atoms. The highest BCUT2D eigenvalue weighted by Gasteiger charge is 2.21. The lowest BCUT2D eigenvalue weighted by Gasteiger charge is -2.08. The molecule has 0 atom stereocenters. The molecule has 0 spiro atoms. The monoisotopic (exact) mass is 475 g/mol. The van der Waals surface area contributed by atoms with Crippen molar-refractivity contribution >= 4 is 76.7 Å². The number of hydrogen-bond donors (Lipinski definition) is 0. The third kappa shape index (κ3) is 2.43. The first-order valence-corrected chi connectivity index (χ1v) is 12.2. The summed E-state index contributed by atoms with van der Waals surface area (Å²) in [6.07, 6.45) is 3.43. The van der Waals surface area contributed by atoms with Crippen LogP contribution in [0.15, 0.2) is 112 Å². The molecule has 5 heteroatoms. The average molecular weight is 476 g/mol. The number of benzene rings is 5. The van der Waals surface area contributed by atoms with Gasteiger partial charge in [-0.15, -0.1) is 0 Å². The van der Waals surface area contributed by atoms with E-state index >= 15 is 0 Å². The van der Waals surface area contributed by atoms with Gasteiger partial charge in [-0.3, -0.25) is 9.97 Å². The number of hydrogen-bond acceptors (Lipinski definition) is 4. The maximum atomic E-state index is 6.62. The second-order valence-electron chi connectivity index (χ2n) is 9.44. The van der Waals surface area contributed by atoms with Crippen LogP contribution < -0.4 is 0 Å². The second-order valence-corrected chi connectivity index (χ2v) is 9.44. The Kier molecular flexibility index (Phi) is 3.47. The van der Waals surface area contributed by atoms with Crippen LogP contribution in [0, 0.1) is 0 Å². The molecule has 0 saturated carbocycles. The predicted octanol–water partition coefficient (Wildman–Crippen LogP) is 8.53. The first-order valence-electron chi connectivity index (χ1n) is 12.2. The minimum absolute atomic E-state index is 0.800. The van der Waals surface area contributed by atoms with Crippen LogP contribution in [-0.2, 0) is 0 Å². The molecule has 4 aromatic heterocycles. The molecule has 37 heavy (non-hydrogen) atoms. The Morgan fingerprint density at radius 3 is 2.14 bits per heavy atom. The lowest BCUT2D eigenvalue weighted by atomic mass is 10.1. The summed E-state index contributed by atoms with van der Waals surface area (Å²) in [5, 5.41) is 6.59. The predicted molar refractivity (Wildman–Crippen MR) is 148 cm³/mol. The average Bonchev–Trinajstić information content (AvgIpc) is 3.61. The van der Waals surface area contributed by atoms with Gasteiger partial charge in [0.2, 0.25) is 0 Å². The van der Waals surface area contributed by atoms with Gasteiger partial charge in [-0.1, -0.05) is 54.6 Å². The van der Waals surface area contributed by atoms with E-state index in [0.29, 0.717) is 0 Å². The maximum absolute atomic E-state index is 6.62. The van der Waals surface area contributed by atoms with E-state index in [1.54, 1.807) is 12.4 Å². The SMILES string of the molecule is c1ccc2c(c1)oc1c(-n3c4ccccc4c4ccc5c6cc7nccnc7cc6oc5c43)cccc12. The van der Waals surface area contributed by atoms with Gasteiger partial charge >= 0.3 is 0 Å². The van der Waals surface area contributed by atoms with Gasteiger partial charge < -0.3 is 13.4 Å². The van der Waals surface area contributed by atoms with Crippen molar-refractivity contribution in [3.8, 4) is 5.69 Å². The highest BCUT2D eigenvalue weighted by molar-refractivity contribution is 6.23. The van der Waals surface area contributed by atoms with Gasteiger partial charge in [0, 0.05) is 50.8 Å². The molecular formula is C32H17N3O2. The lowest BCUT2D eigenvalue weighted by molar-refractivity contribution is 0.665. The molecule has 9 rings (SSSR count). The highest BCUT2D eigenvalue weighted by Crippen LogP contribution is 2.42. The topological polar surface area (TPSA) is 57.0 Å². The van der Waals surface area contributed by atoms with Gasteiger partial charge in [0.1, 0.15) is 11.2 Å². The van der Waals surface area contributed by atoms with Crippen molar-refractivity contribution in [1.82, 2.24) is 14.5 Å². The molecule has 0 N–H and O–H groups in total. The quantitative estimate of drug-likeness (QED) is 0.239. The van der Waals surface area contributed by atoms with E-state index in [2.05, 4.69) is 87.3 Å². The molecule has 172 valence electrons. The van der Waals surface area contributed by atoms with Crippen molar-refractivity contribution in [3.63, 3.8) is 0 Å². The fourth-order valence-electron chi connectivity index (χ4n) is 5.90. The number of para-hydroxylation sites is 3. The molecule has 0 saturated heterocycles. The minimum atomic E-state index is 0.800. The Balaban J connectivity index is 1.50. The first-order chi connectivity index (χ1) is 18.3. The second kappa shape index (κ2) is 6.74. The third-order valence-corrected chi connectivity index (χ3v) is 7.49. The van der Waals surface area contributed by atoms with Crippen LogP contribution in [-0.4, -0.2) is 14.5 Å². The maximum Gasteiger partial charge on any atom is 0.160 e. The summed E-state index contributed by atoms with van der Waals surface area (Å²) in [5.41, 5.74) is 8.16. The van der Waals surface area contributed by atoms with Gasteiger partial charge in [-0.05, 0) is 30.3 Å². The Labute approximate surface area is 209 Å². The van der Waals surface area contributed by atoms with E-state index in [9.17, 15) is 0 Å². The fourth-order valence-corrected chi connectivity index (χ4v) is 5.90. The third-order valence-electron chi connectivity index (χ3n) is 7.49. The summed E-state index contributed by atoms with van der Waals surface area (Å²) in [6, 6.07) is 31.5. The molecule has 4 heterocycles. The fraction of sp³-hybridized carbons (Fsp3) is 0. The summed E-state index contributed by atoms with van der Waals surface area (Å²) in [6.45, 7) is 0. The van der Waals surface area contributed by atoms with Gasteiger partial charge in [0.05, 0.1) is 27.8 Å². The lowest BCUT2D eigenvalue weighted by Crippen LogP contribution is -1.94. The molecule has 0 amide bonds.